The molecule has 1 aromatic rings. The first-order valence-electron chi connectivity index (χ1n) is 5.08. The van der Waals surface area contributed by atoms with Crippen molar-refractivity contribution < 1.29 is 9.13 Å². The van der Waals surface area contributed by atoms with Crippen molar-refractivity contribution in [3.05, 3.63) is 22.4 Å². The van der Waals surface area contributed by atoms with Crippen molar-refractivity contribution in [3.8, 4) is 0 Å². The summed E-state index contributed by atoms with van der Waals surface area (Å²) in [5.74, 6) is -0.330. The Bertz CT molecular complexity index is 360. The quantitative estimate of drug-likeness (QED) is 0.820. The summed E-state index contributed by atoms with van der Waals surface area (Å²) in [5, 5.41) is 3.16. The highest BCUT2D eigenvalue weighted by molar-refractivity contribution is 9.10. The number of nitrogens with one attached hydrogen (secondary N) is 1. The average molecular weight is 291 g/mol. The number of benzene rings is 1. The lowest BCUT2D eigenvalue weighted by Crippen LogP contribution is -2.24. The van der Waals surface area contributed by atoms with Gasteiger partial charge in [-0.25, -0.2) is 4.39 Å². The van der Waals surface area contributed by atoms with E-state index in [4.69, 9.17) is 10.5 Å². The molecule has 1 atom stereocenters. The number of hydrogen-bond acceptors (Lipinski definition) is 3. The van der Waals surface area contributed by atoms with Crippen molar-refractivity contribution in [1.82, 2.24) is 0 Å². The van der Waals surface area contributed by atoms with Gasteiger partial charge in [-0.15, -0.1) is 0 Å². The zero-order chi connectivity index (χ0) is 12.1. The number of ether oxygens (including phenoxy) is 1. The molecule has 3 N–H and O–H groups in total. The number of hydrogen-bond donors (Lipinski definition) is 2. The average Bonchev–Trinajstić information content (AvgIpc) is 2.25. The molecule has 0 saturated heterocycles. The fourth-order valence-corrected chi connectivity index (χ4v) is 1.73. The Kier molecular flexibility index (Phi) is 5.02. The molecule has 0 aliphatic carbocycles. The summed E-state index contributed by atoms with van der Waals surface area (Å²) >= 11 is 3.09. The third kappa shape index (κ3) is 3.35. The van der Waals surface area contributed by atoms with Gasteiger partial charge in [0.2, 0.25) is 0 Å². The second kappa shape index (κ2) is 6.06. The maximum absolute atomic E-state index is 13.3. The van der Waals surface area contributed by atoms with Crippen molar-refractivity contribution in [3.63, 3.8) is 0 Å². The molecule has 16 heavy (non-hydrogen) atoms. The molecule has 0 aromatic heterocycles. The largest absolute Gasteiger partial charge is 0.397 e. The first-order chi connectivity index (χ1) is 7.58. The zero-order valence-electron chi connectivity index (χ0n) is 9.39. The Labute approximate surface area is 103 Å². The predicted molar refractivity (Wildman–Crippen MR) is 68.1 cm³/mol. The molecular formula is C11H16BrFN2O. The number of anilines is 2. The van der Waals surface area contributed by atoms with Crippen molar-refractivity contribution in [2.24, 2.45) is 0 Å². The SMILES string of the molecule is CCC(COC)Nc1cc(F)c(Br)cc1N. The van der Waals surface area contributed by atoms with Gasteiger partial charge in [-0.05, 0) is 28.4 Å². The van der Waals surface area contributed by atoms with Crippen LogP contribution in [0.4, 0.5) is 15.8 Å². The highest BCUT2D eigenvalue weighted by atomic mass is 79.9. The number of rotatable bonds is 5. The Morgan fingerprint density at radius 3 is 2.81 bits per heavy atom. The molecule has 1 rings (SSSR count). The van der Waals surface area contributed by atoms with Crippen LogP contribution in [-0.2, 0) is 4.74 Å². The van der Waals surface area contributed by atoms with Crippen LogP contribution in [0.1, 0.15) is 13.3 Å². The van der Waals surface area contributed by atoms with E-state index in [2.05, 4.69) is 21.2 Å². The van der Waals surface area contributed by atoms with Gasteiger partial charge in [-0.2, -0.15) is 0 Å². The van der Waals surface area contributed by atoms with E-state index < -0.39 is 0 Å². The van der Waals surface area contributed by atoms with E-state index in [-0.39, 0.29) is 11.9 Å². The molecule has 0 amide bonds. The van der Waals surface area contributed by atoms with Crippen molar-refractivity contribution in [1.29, 1.82) is 0 Å². The second-order valence-corrected chi connectivity index (χ2v) is 4.41. The highest BCUT2D eigenvalue weighted by Crippen LogP contribution is 2.27. The standard InChI is InChI=1S/C11H16BrFN2O/c1-3-7(6-16-2)15-11-5-9(13)8(12)4-10(11)14/h4-5,7,15H,3,6,14H2,1-2H3. The van der Waals surface area contributed by atoms with Gasteiger partial charge in [0, 0.05) is 19.2 Å². The molecule has 0 spiro atoms. The topological polar surface area (TPSA) is 47.3 Å². The summed E-state index contributed by atoms with van der Waals surface area (Å²) in [4.78, 5) is 0. The molecule has 3 nitrogen and oxygen atoms in total. The molecule has 0 bridgehead atoms. The monoisotopic (exact) mass is 290 g/mol. The van der Waals surface area contributed by atoms with Gasteiger partial charge >= 0.3 is 0 Å². The zero-order valence-corrected chi connectivity index (χ0v) is 11.0. The van der Waals surface area contributed by atoms with Crippen LogP contribution in [0.3, 0.4) is 0 Å². The third-order valence-corrected chi connectivity index (χ3v) is 2.92. The van der Waals surface area contributed by atoms with Gasteiger partial charge in [0.25, 0.3) is 0 Å². The Balaban J connectivity index is 2.83. The van der Waals surface area contributed by atoms with E-state index in [1.807, 2.05) is 6.92 Å². The summed E-state index contributed by atoms with van der Waals surface area (Å²) in [5.41, 5.74) is 6.91. The summed E-state index contributed by atoms with van der Waals surface area (Å²) < 4.78 is 18.8. The number of nitrogen functional groups attached to an aromatic ring is 1. The summed E-state index contributed by atoms with van der Waals surface area (Å²) in [7, 11) is 1.63. The molecule has 0 saturated carbocycles. The number of halogens is 2. The van der Waals surface area contributed by atoms with Gasteiger partial charge in [0.05, 0.1) is 22.5 Å². The lowest BCUT2D eigenvalue weighted by atomic mass is 10.2. The maximum atomic E-state index is 13.3. The van der Waals surface area contributed by atoms with E-state index in [0.29, 0.717) is 22.5 Å². The van der Waals surface area contributed by atoms with Crippen LogP contribution in [0, 0.1) is 5.82 Å². The fourth-order valence-electron chi connectivity index (χ4n) is 1.37. The van der Waals surface area contributed by atoms with Crippen LogP contribution < -0.4 is 11.1 Å². The molecule has 1 aromatic carbocycles. The third-order valence-electron chi connectivity index (χ3n) is 2.31. The fraction of sp³-hybridized carbons (Fsp3) is 0.455. The minimum atomic E-state index is -0.330. The van der Waals surface area contributed by atoms with Gasteiger partial charge in [-0.3, -0.25) is 0 Å². The molecule has 0 heterocycles. The van der Waals surface area contributed by atoms with Crippen LogP contribution in [0.2, 0.25) is 0 Å². The van der Waals surface area contributed by atoms with Gasteiger partial charge in [-0.1, -0.05) is 6.92 Å². The minimum Gasteiger partial charge on any atom is -0.397 e. The number of nitrogens with two attached hydrogens (primary N) is 1. The Hall–Kier alpha value is -0.810. The van der Waals surface area contributed by atoms with E-state index in [1.54, 1.807) is 13.2 Å². The lowest BCUT2D eigenvalue weighted by molar-refractivity contribution is 0.184. The summed E-state index contributed by atoms with van der Waals surface area (Å²) in [6.07, 6.45) is 0.880. The van der Waals surface area contributed by atoms with Gasteiger partial charge < -0.3 is 15.8 Å². The van der Waals surface area contributed by atoms with E-state index >= 15 is 0 Å². The smallest absolute Gasteiger partial charge is 0.139 e. The molecule has 1 unspecified atom stereocenters. The molecule has 0 aliphatic rings. The van der Waals surface area contributed by atoms with Crippen molar-refractivity contribution in [2.45, 2.75) is 19.4 Å². The normalized spacial score (nSPS) is 12.5. The lowest BCUT2D eigenvalue weighted by Gasteiger charge is -2.18. The first-order valence-corrected chi connectivity index (χ1v) is 5.87. The number of methoxy groups -OCH3 is 1. The molecular weight excluding hydrogens is 275 g/mol. The van der Waals surface area contributed by atoms with Crippen molar-refractivity contribution in [2.75, 3.05) is 24.8 Å². The highest BCUT2D eigenvalue weighted by Gasteiger charge is 2.10. The van der Waals surface area contributed by atoms with E-state index in [0.717, 1.165) is 6.42 Å². The maximum Gasteiger partial charge on any atom is 0.139 e. The summed E-state index contributed by atoms with van der Waals surface area (Å²) in [6.45, 7) is 2.59. The van der Waals surface area contributed by atoms with Crippen molar-refractivity contribution >= 4 is 27.3 Å². The van der Waals surface area contributed by atoms with Gasteiger partial charge in [0.15, 0.2) is 0 Å². The summed E-state index contributed by atoms with van der Waals surface area (Å²) in [6, 6.07) is 3.07. The van der Waals surface area contributed by atoms with Crippen LogP contribution >= 0.6 is 15.9 Å². The second-order valence-electron chi connectivity index (χ2n) is 3.56. The molecule has 5 heteroatoms. The molecule has 0 aliphatic heterocycles. The Morgan fingerprint density at radius 2 is 2.25 bits per heavy atom. The van der Waals surface area contributed by atoms with E-state index in [1.165, 1.54) is 6.07 Å². The Morgan fingerprint density at radius 1 is 1.56 bits per heavy atom. The molecule has 0 radical (unpaired) electrons. The molecule has 90 valence electrons. The van der Waals surface area contributed by atoms with Crippen LogP contribution in [0.25, 0.3) is 0 Å². The van der Waals surface area contributed by atoms with Crippen LogP contribution in [-0.4, -0.2) is 19.8 Å². The van der Waals surface area contributed by atoms with E-state index in [9.17, 15) is 4.39 Å². The van der Waals surface area contributed by atoms with Crippen LogP contribution in [0.5, 0.6) is 0 Å². The predicted octanol–water partition coefficient (Wildman–Crippen LogP) is 3.01. The first kappa shape index (κ1) is 13.3. The van der Waals surface area contributed by atoms with Gasteiger partial charge in [0.1, 0.15) is 5.82 Å². The molecule has 0 fully saturated rings. The van der Waals surface area contributed by atoms with Crippen LogP contribution in [0.15, 0.2) is 16.6 Å². The minimum absolute atomic E-state index is 0.132.